The predicted molar refractivity (Wildman–Crippen MR) is 229 cm³/mol. The maximum absolute atomic E-state index is 14.8. The van der Waals surface area contributed by atoms with Crippen molar-refractivity contribution in [3.05, 3.63) is 94.0 Å². The normalized spacial score (nSPS) is 15.9. The van der Waals surface area contributed by atoms with E-state index in [0.717, 1.165) is 25.9 Å². The molecule has 10 nitrogen and oxygen atoms in total. The summed E-state index contributed by atoms with van der Waals surface area (Å²) >= 11 is 16.7. The van der Waals surface area contributed by atoms with E-state index in [4.69, 9.17) is 38.9 Å². The number of fused-ring (bicyclic) bond motifs is 5. The lowest BCUT2D eigenvalue weighted by Crippen LogP contribution is -2.46. The predicted octanol–water partition coefficient (Wildman–Crippen LogP) is 8.39. The average Bonchev–Trinajstić information content (AvgIpc) is 3.95. The number of thioether (sulfide) groups is 2. The zero-order valence-corrected chi connectivity index (χ0v) is 34.2. The number of thiophene rings is 3. The fraction of sp³-hybridized carbons (Fsp3) is 0.189. The number of benzene rings is 2. The van der Waals surface area contributed by atoms with Gasteiger partial charge in [-0.2, -0.15) is 0 Å². The number of nitrogens with zero attached hydrogens (tertiary/aromatic N) is 3. The Morgan fingerprint density at radius 2 is 1.57 bits per heavy atom. The van der Waals surface area contributed by atoms with Crippen LogP contribution in [-0.2, 0) is 47.3 Å². The summed E-state index contributed by atoms with van der Waals surface area (Å²) in [6.07, 6.45) is 1.65. The van der Waals surface area contributed by atoms with Gasteiger partial charge in [-0.05, 0) is 48.9 Å². The second kappa shape index (κ2) is 16.3. The number of aliphatic imine (C=N–C) groups is 2. The maximum Gasteiger partial charge on any atom is 0.334 e. The van der Waals surface area contributed by atoms with E-state index in [2.05, 4.69) is 10.3 Å². The smallest absolute Gasteiger partial charge is 0.334 e. The Bertz CT molecular complexity index is 2380. The number of amides is 2. The first kappa shape index (κ1) is 38.2. The summed E-state index contributed by atoms with van der Waals surface area (Å²) in [4.78, 5) is 67.2. The summed E-state index contributed by atoms with van der Waals surface area (Å²) in [5.41, 5.74) is -0.392. The van der Waals surface area contributed by atoms with Crippen molar-refractivity contribution < 1.29 is 28.7 Å². The van der Waals surface area contributed by atoms with Crippen molar-refractivity contribution in [1.29, 1.82) is 0 Å². The quantitative estimate of drug-likeness (QED) is 0.0456. The molecule has 0 unspecified atom stereocenters. The van der Waals surface area contributed by atoms with Crippen LogP contribution in [-0.4, -0.2) is 60.8 Å². The Balaban J connectivity index is 1.39. The molecule has 1 aliphatic heterocycles. The molecular weight excluding hydrogens is 821 g/mol. The largest absolute Gasteiger partial charge is 0.459 e. The lowest BCUT2D eigenvalue weighted by Gasteiger charge is -2.27. The fourth-order valence-corrected chi connectivity index (χ4v) is 12.1. The molecule has 0 spiro atoms. The summed E-state index contributed by atoms with van der Waals surface area (Å²) in [6.45, 7) is 4.17. The van der Waals surface area contributed by atoms with Crippen molar-refractivity contribution >= 4 is 155 Å². The number of hydrogen-bond acceptors (Lipinski definition) is 15. The molecule has 274 valence electrons. The second-order valence-electron chi connectivity index (χ2n) is 11.6. The van der Waals surface area contributed by atoms with Gasteiger partial charge in [0, 0.05) is 32.9 Å². The number of hydrogen-bond donors (Lipinski definition) is 1. The SMILES string of the molecule is CCNC(=O)/C(=N/C1=Cc2sc3c(sc4cc(/N=C5\SC(=S)N(CC)C5=O)sc43)c2C1(C(=O)OCc1ccccc1)C(=O)OCc1ccccc1)SC=S. The van der Waals surface area contributed by atoms with Crippen molar-refractivity contribution in [2.45, 2.75) is 32.5 Å². The fourth-order valence-electron chi connectivity index (χ4n) is 5.88. The summed E-state index contributed by atoms with van der Waals surface area (Å²) in [7, 11) is 0. The molecule has 2 aromatic carbocycles. The molecule has 3 aromatic heterocycles. The van der Waals surface area contributed by atoms with Crippen LogP contribution in [0.15, 0.2) is 82.4 Å². The van der Waals surface area contributed by atoms with Gasteiger partial charge in [-0.15, -0.1) is 34.0 Å². The van der Waals surface area contributed by atoms with E-state index in [1.54, 1.807) is 13.0 Å². The molecule has 4 heterocycles. The van der Waals surface area contributed by atoms with Crippen molar-refractivity contribution in [3.63, 3.8) is 0 Å². The van der Waals surface area contributed by atoms with Gasteiger partial charge >= 0.3 is 11.9 Å². The zero-order chi connectivity index (χ0) is 38.0. The van der Waals surface area contributed by atoms with Crippen LogP contribution in [0.3, 0.4) is 0 Å². The molecule has 0 saturated carbocycles. The number of esters is 2. The zero-order valence-electron chi connectivity index (χ0n) is 28.5. The molecular formula is C37H28N4O6S7. The van der Waals surface area contributed by atoms with E-state index in [9.17, 15) is 19.2 Å². The molecule has 17 heteroatoms. The Morgan fingerprint density at radius 1 is 0.926 bits per heavy atom. The van der Waals surface area contributed by atoms with Crippen LogP contribution in [0.4, 0.5) is 5.00 Å². The molecule has 1 fully saturated rings. The van der Waals surface area contributed by atoms with Gasteiger partial charge < -0.3 is 14.8 Å². The molecule has 1 N–H and O–H groups in total. The number of rotatable bonds is 11. The van der Waals surface area contributed by atoms with Crippen molar-refractivity contribution in [2.75, 3.05) is 13.1 Å². The lowest BCUT2D eigenvalue weighted by atomic mass is 9.81. The summed E-state index contributed by atoms with van der Waals surface area (Å²) in [6, 6.07) is 20.1. The van der Waals surface area contributed by atoms with E-state index >= 15 is 0 Å². The highest BCUT2D eigenvalue weighted by atomic mass is 32.2. The van der Waals surface area contributed by atoms with Crippen LogP contribution < -0.4 is 5.32 Å². The van der Waals surface area contributed by atoms with Crippen LogP contribution >= 0.6 is 82.0 Å². The van der Waals surface area contributed by atoms with Gasteiger partial charge in [-0.1, -0.05) is 96.9 Å². The third kappa shape index (κ3) is 7.09. The molecule has 0 atom stereocenters. The van der Waals surface area contributed by atoms with Gasteiger partial charge in [-0.3, -0.25) is 24.1 Å². The maximum atomic E-state index is 14.8. The molecule has 2 amide bonds. The van der Waals surface area contributed by atoms with E-state index in [1.807, 2.05) is 73.7 Å². The summed E-state index contributed by atoms with van der Waals surface area (Å²) < 4.78 is 17.0. The monoisotopic (exact) mass is 848 g/mol. The summed E-state index contributed by atoms with van der Waals surface area (Å²) in [5, 5.41) is 3.62. The van der Waals surface area contributed by atoms with Crippen molar-refractivity contribution in [3.8, 4) is 0 Å². The molecule has 0 radical (unpaired) electrons. The molecule has 2 aliphatic rings. The van der Waals surface area contributed by atoms with E-state index < -0.39 is 23.3 Å². The van der Waals surface area contributed by atoms with Gasteiger partial charge in [0.15, 0.2) is 10.1 Å². The molecule has 54 heavy (non-hydrogen) atoms. The molecule has 5 aromatic rings. The minimum atomic E-state index is -2.20. The topological polar surface area (TPSA) is 127 Å². The van der Waals surface area contributed by atoms with E-state index in [0.29, 0.717) is 53.7 Å². The lowest BCUT2D eigenvalue weighted by molar-refractivity contribution is -0.164. The minimum Gasteiger partial charge on any atom is -0.459 e. The van der Waals surface area contributed by atoms with Crippen LogP contribution in [0.1, 0.15) is 35.4 Å². The average molecular weight is 849 g/mol. The second-order valence-corrected chi connectivity index (χ2v) is 17.8. The number of thiocarbonyl (C=S) groups is 2. The minimum absolute atomic E-state index is 0.00978. The van der Waals surface area contributed by atoms with Gasteiger partial charge in [0.25, 0.3) is 11.8 Å². The van der Waals surface area contributed by atoms with Gasteiger partial charge in [0.1, 0.15) is 22.5 Å². The number of carbonyl (C=O) groups excluding carboxylic acids is 4. The van der Waals surface area contributed by atoms with Crippen LogP contribution in [0.2, 0.25) is 0 Å². The van der Waals surface area contributed by atoms with Crippen molar-refractivity contribution in [2.24, 2.45) is 9.98 Å². The highest BCUT2D eigenvalue weighted by Gasteiger charge is 2.60. The van der Waals surface area contributed by atoms with Gasteiger partial charge in [0.2, 0.25) is 5.41 Å². The number of carbonyl (C=O) groups is 4. The first-order chi connectivity index (χ1) is 26.2. The van der Waals surface area contributed by atoms with Gasteiger partial charge in [-0.25, -0.2) is 9.98 Å². The molecule has 1 aliphatic carbocycles. The molecule has 7 rings (SSSR count). The summed E-state index contributed by atoms with van der Waals surface area (Å²) in [5.74, 6) is -2.52. The van der Waals surface area contributed by atoms with E-state index in [1.165, 1.54) is 55.4 Å². The van der Waals surface area contributed by atoms with Crippen molar-refractivity contribution in [1.82, 2.24) is 10.2 Å². The van der Waals surface area contributed by atoms with Gasteiger partial charge in [0.05, 0.1) is 19.8 Å². The van der Waals surface area contributed by atoms with Crippen LogP contribution in [0.5, 0.6) is 0 Å². The Hall–Kier alpha value is -4.10. The Labute approximate surface area is 340 Å². The Morgan fingerprint density at radius 3 is 2.15 bits per heavy atom. The highest BCUT2D eigenvalue weighted by molar-refractivity contribution is 8.35. The first-order valence-electron chi connectivity index (χ1n) is 16.4. The number of ether oxygens (including phenoxy) is 2. The highest BCUT2D eigenvalue weighted by Crippen LogP contribution is 2.57. The van der Waals surface area contributed by atoms with Crippen LogP contribution in [0, 0.1) is 0 Å². The molecule has 1 saturated heterocycles. The van der Waals surface area contributed by atoms with E-state index in [-0.39, 0.29) is 29.9 Å². The Kier molecular flexibility index (Phi) is 11.5. The first-order valence-corrected chi connectivity index (χ1v) is 21.4. The third-order valence-corrected chi connectivity index (χ3v) is 14.3. The molecule has 0 bridgehead atoms. The number of nitrogens with one attached hydrogen (secondary N) is 1. The van der Waals surface area contributed by atoms with Crippen LogP contribution in [0.25, 0.3) is 24.9 Å². The third-order valence-electron chi connectivity index (χ3n) is 8.33. The standard InChI is InChI=1S/C37H28N4O6S7/c1-3-38-30(42)31(50-19-48)39-24-15-22-26(28-29(51-22)27-23(52-28)16-25(53-27)40-32-33(43)41(4-2)36(49)54-32)37(24,34(44)46-17-20-11-7-5-8-12-20)35(45)47-18-21-13-9-6-10-14-21/h5-16,19H,3-4,17-18H2,1-2H3,(H,38,42)/b39-31-,40-32-.